The summed E-state index contributed by atoms with van der Waals surface area (Å²) in [7, 11) is 3.04. The Hall–Kier alpha value is -3.25. The zero-order valence-corrected chi connectivity index (χ0v) is 15.6. The predicted octanol–water partition coefficient (Wildman–Crippen LogP) is 3.91. The first-order valence-corrected chi connectivity index (χ1v) is 8.49. The number of carbonyl (C=O) groups excluding carboxylic acids is 1. The normalized spacial score (nSPS) is 10.8. The van der Waals surface area contributed by atoms with Crippen molar-refractivity contribution >= 4 is 23.7 Å². The van der Waals surface area contributed by atoms with Crippen molar-refractivity contribution in [1.82, 2.24) is 9.99 Å². The Morgan fingerprint density at radius 3 is 2.56 bits per heavy atom. The van der Waals surface area contributed by atoms with Gasteiger partial charge in [-0.3, -0.25) is 4.79 Å². The van der Waals surface area contributed by atoms with Gasteiger partial charge < -0.3 is 14.0 Å². The van der Waals surface area contributed by atoms with Gasteiger partial charge in [-0.25, -0.2) is 5.43 Å². The standard InChI is InChI=1S/C20H18ClN3O3/c1-26-18-12-14(11-16(21)19(18)27-2)13-22-23-20(25)15-7-3-4-8-17(15)24-9-5-6-10-24/h3-13H,1-2H3,(H,23,25)/b22-13-. The number of carbonyl (C=O) groups is 1. The second-order valence-corrected chi connectivity index (χ2v) is 5.95. The molecule has 2 aromatic carbocycles. The number of rotatable bonds is 6. The molecule has 0 saturated carbocycles. The number of hydrogen-bond acceptors (Lipinski definition) is 4. The maximum absolute atomic E-state index is 12.5. The highest BCUT2D eigenvalue weighted by atomic mass is 35.5. The van der Waals surface area contributed by atoms with Crippen molar-refractivity contribution in [3.8, 4) is 17.2 Å². The van der Waals surface area contributed by atoms with Crippen molar-refractivity contribution in [3.63, 3.8) is 0 Å². The largest absolute Gasteiger partial charge is 0.493 e. The lowest BCUT2D eigenvalue weighted by Crippen LogP contribution is -2.19. The fourth-order valence-corrected chi connectivity index (χ4v) is 2.92. The number of hydrazone groups is 1. The third-order valence-electron chi connectivity index (χ3n) is 3.87. The van der Waals surface area contributed by atoms with Crippen LogP contribution in [0.15, 0.2) is 66.0 Å². The first kappa shape index (κ1) is 18.5. The molecule has 0 radical (unpaired) electrons. The molecule has 1 N–H and O–H groups in total. The van der Waals surface area contributed by atoms with E-state index in [0.29, 0.717) is 27.6 Å². The second kappa shape index (κ2) is 8.42. The van der Waals surface area contributed by atoms with Gasteiger partial charge >= 0.3 is 0 Å². The van der Waals surface area contributed by atoms with Crippen molar-refractivity contribution < 1.29 is 14.3 Å². The van der Waals surface area contributed by atoms with Crippen LogP contribution in [0.4, 0.5) is 0 Å². The van der Waals surface area contributed by atoms with Gasteiger partial charge in [-0.1, -0.05) is 23.7 Å². The average molecular weight is 384 g/mol. The SMILES string of the molecule is COc1cc(/C=N\NC(=O)c2ccccc2-n2cccc2)cc(Cl)c1OC. The van der Waals surface area contributed by atoms with Crippen LogP contribution in [0.25, 0.3) is 5.69 Å². The predicted molar refractivity (Wildman–Crippen MR) is 105 cm³/mol. The van der Waals surface area contributed by atoms with Gasteiger partial charge in [-0.15, -0.1) is 0 Å². The highest BCUT2D eigenvalue weighted by molar-refractivity contribution is 6.32. The molecule has 27 heavy (non-hydrogen) atoms. The number of nitrogens with one attached hydrogen (secondary N) is 1. The second-order valence-electron chi connectivity index (χ2n) is 5.54. The molecule has 0 aliphatic rings. The number of methoxy groups -OCH3 is 2. The van der Waals surface area contributed by atoms with Crippen LogP contribution in [0.2, 0.25) is 5.02 Å². The van der Waals surface area contributed by atoms with Crippen LogP contribution >= 0.6 is 11.6 Å². The molecule has 0 atom stereocenters. The molecule has 0 aliphatic carbocycles. The summed E-state index contributed by atoms with van der Waals surface area (Å²) in [6.45, 7) is 0. The van der Waals surface area contributed by atoms with E-state index in [9.17, 15) is 4.79 Å². The molecule has 0 aliphatic heterocycles. The fourth-order valence-electron chi connectivity index (χ4n) is 2.62. The van der Waals surface area contributed by atoms with Crippen LogP contribution in [0.1, 0.15) is 15.9 Å². The number of amides is 1. The molecule has 0 spiro atoms. The molecule has 0 fully saturated rings. The number of para-hydroxylation sites is 1. The van der Waals surface area contributed by atoms with Crippen molar-refractivity contribution in [2.45, 2.75) is 0 Å². The van der Waals surface area contributed by atoms with E-state index in [4.69, 9.17) is 21.1 Å². The Morgan fingerprint density at radius 2 is 1.85 bits per heavy atom. The summed E-state index contributed by atoms with van der Waals surface area (Å²) in [6.07, 6.45) is 5.24. The third kappa shape index (κ3) is 4.12. The van der Waals surface area contributed by atoms with Crippen LogP contribution in [-0.2, 0) is 0 Å². The maximum Gasteiger partial charge on any atom is 0.273 e. The monoisotopic (exact) mass is 383 g/mol. The summed E-state index contributed by atoms with van der Waals surface area (Å²) in [5, 5.41) is 4.41. The van der Waals surface area contributed by atoms with E-state index in [1.165, 1.54) is 20.4 Å². The minimum absolute atomic E-state index is 0.317. The van der Waals surface area contributed by atoms with Gasteiger partial charge in [0.05, 0.1) is 36.7 Å². The van der Waals surface area contributed by atoms with E-state index in [1.54, 1.807) is 24.3 Å². The molecular formula is C20H18ClN3O3. The summed E-state index contributed by atoms with van der Waals surface area (Å²) in [4.78, 5) is 12.5. The van der Waals surface area contributed by atoms with Crippen molar-refractivity contribution in [3.05, 3.63) is 77.1 Å². The zero-order valence-electron chi connectivity index (χ0n) is 14.8. The maximum atomic E-state index is 12.5. The molecular weight excluding hydrogens is 366 g/mol. The zero-order chi connectivity index (χ0) is 19.2. The average Bonchev–Trinajstić information content (AvgIpc) is 3.22. The number of nitrogens with zero attached hydrogens (tertiary/aromatic N) is 2. The van der Waals surface area contributed by atoms with Gasteiger partial charge in [0.15, 0.2) is 11.5 Å². The Bertz CT molecular complexity index is 969. The molecule has 3 rings (SSSR count). The van der Waals surface area contributed by atoms with Crippen molar-refractivity contribution in [2.24, 2.45) is 5.10 Å². The topological polar surface area (TPSA) is 64.8 Å². The lowest BCUT2D eigenvalue weighted by Gasteiger charge is -2.10. The molecule has 1 amide bonds. The van der Waals surface area contributed by atoms with E-state index in [2.05, 4.69) is 10.5 Å². The number of benzene rings is 2. The number of aromatic nitrogens is 1. The molecule has 3 aromatic rings. The summed E-state index contributed by atoms with van der Waals surface area (Å²) in [5.41, 5.74) is 4.48. The minimum atomic E-state index is -0.317. The van der Waals surface area contributed by atoms with E-state index >= 15 is 0 Å². The lowest BCUT2D eigenvalue weighted by molar-refractivity contribution is 0.0955. The summed E-state index contributed by atoms with van der Waals surface area (Å²) in [6, 6.07) is 14.5. The fraction of sp³-hybridized carbons (Fsp3) is 0.100. The minimum Gasteiger partial charge on any atom is -0.493 e. The number of halogens is 1. The Balaban J connectivity index is 1.78. The molecule has 7 heteroatoms. The summed E-state index contributed by atoms with van der Waals surface area (Å²) < 4.78 is 12.3. The highest BCUT2D eigenvalue weighted by Crippen LogP contribution is 2.35. The molecule has 0 saturated heterocycles. The van der Waals surface area contributed by atoms with Crippen LogP contribution in [-0.4, -0.2) is 30.9 Å². The van der Waals surface area contributed by atoms with E-state index in [-0.39, 0.29) is 5.91 Å². The Labute approximate surface area is 162 Å². The summed E-state index contributed by atoms with van der Waals surface area (Å²) in [5.74, 6) is 0.610. The van der Waals surface area contributed by atoms with Crippen molar-refractivity contribution in [2.75, 3.05) is 14.2 Å². The smallest absolute Gasteiger partial charge is 0.273 e. The summed E-state index contributed by atoms with van der Waals surface area (Å²) >= 11 is 6.17. The highest BCUT2D eigenvalue weighted by Gasteiger charge is 2.12. The van der Waals surface area contributed by atoms with Gasteiger partial charge in [0.1, 0.15) is 0 Å². The van der Waals surface area contributed by atoms with Gasteiger partial charge in [0, 0.05) is 12.4 Å². The molecule has 138 valence electrons. The number of hydrogen-bond donors (Lipinski definition) is 1. The van der Waals surface area contributed by atoms with Gasteiger partial charge in [0.2, 0.25) is 0 Å². The molecule has 1 heterocycles. The Morgan fingerprint density at radius 1 is 1.11 bits per heavy atom. The van der Waals surface area contributed by atoms with Crippen LogP contribution in [0, 0.1) is 0 Å². The molecule has 0 unspecified atom stereocenters. The van der Waals surface area contributed by atoms with Crippen LogP contribution in [0.5, 0.6) is 11.5 Å². The number of ether oxygens (including phenoxy) is 2. The van der Waals surface area contributed by atoms with Crippen molar-refractivity contribution in [1.29, 1.82) is 0 Å². The lowest BCUT2D eigenvalue weighted by atomic mass is 10.1. The first-order chi connectivity index (χ1) is 13.1. The quantitative estimate of drug-likeness (QED) is 0.518. The van der Waals surface area contributed by atoms with Gasteiger partial charge in [-0.2, -0.15) is 5.10 Å². The van der Waals surface area contributed by atoms with E-state index in [1.807, 2.05) is 41.2 Å². The molecule has 0 bridgehead atoms. The first-order valence-electron chi connectivity index (χ1n) is 8.11. The van der Waals surface area contributed by atoms with E-state index < -0.39 is 0 Å². The van der Waals surface area contributed by atoms with Crippen LogP contribution < -0.4 is 14.9 Å². The third-order valence-corrected chi connectivity index (χ3v) is 4.15. The molecule has 1 aromatic heterocycles. The van der Waals surface area contributed by atoms with Gasteiger partial charge in [0.25, 0.3) is 5.91 Å². The molecule has 6 nitrogen and oxygen atoms in total. The van der Waals surface area contributed by atoms with Gasteiger partial charge in [-0.05, 0) is 42.0 Å². The Kier molecular flexibility index (Phi) is 5.78. The van der Waals surface area contributed by atoms with Crippen LogP contribution in [0.3, 0.4) is 0 Å². The van der Waals surface area contributed by atoms with E-state index in [0.717, 1.165) is 5.69 Å².